The summed E-state index contributed by atoms with van der Waals surface area (Å²) >= 11 is 0. The first-order valence-electron chi connectivity index (χ1n) is 5.82. The molecule has 2 nitrogen and oxygen atoms in total. The van der Waals surface area contributed by atoms with Crippen molar-refractivity contribution in [2.45, 2.75) is 65.6 Å². The molecule has 1 aliphatic heterocycles. The first-order valence-corrected chi connectivity index (χ1v) is 5.82. The zero-order valence-corrected chi connectivity index (χ0v) is 10.9. The van der Waals surface area contributed by atoms with Crippen LogP contribution in [-0.4, -0.2) is 18.3 Å². The summed E-state index contributed by atoms with van der Waals surface area (Å²) < 4.78 is 11.9. The molecule has 1 fully saturated rings. The van der Waals surface area contributed by atoms with E-state index in [-0.39, 0.29) is 18.3 Å². The van der Waals surface area contributed by atoms with Gasteiger partial charge in [0.25, 0.3) is 0 Å². The molecule has 0 amide bonds. The quantitative estimate of drug-likeness (QED) is 0.665. The molecule has 86 valence electrons. The molecule has 0 aromatic heterocycles. The Kier molecular flexibility index (Phi) is 3.67. The molecule has 3 heteroatoms. The van der Waals surface area contributed by atoms with Gasteiger partial charge in [-0.15, -0.1) is 0 Å². The zero-order chi connectivity index (χ0) is 11.7. The molecule has 0 radical (unpaired) electrons. The molecule has 0 atom stereocenters. The Morgan fingerprint density at radius 3 is 2.00 bits per heavy atom. The van der Waals surface area contributed by atoms with Crippen LogP contribution >= 0.6 is 0 Å². The van der Waals surface area contributed by atoms with Gasteiger partial charge in [0.05, 0.1) is 11.2 Å². The topological polar surface area (TPSA) is 18.5 Å². The van der Waals surface area contributed by atoms with E-state index in [1.165, 1.54) is 5.47 Å². The summed E-state index contributed by atoms with van der Waals surface area (Å²) in [6.07, 6.45) is 4.47. The van der Waals surface area contributed by atoms with Crippen LogP contribution in [0, 0.1) is 0 Å². The van der Waals surface area contributed by atoms with Gasteiger partial charge in [0, 0.05) is 0 Å². The second-order valence-corrected chi connectivity index (χ2v) is 5.33. The minimum Gasteiger partial charge on any atom is -0.400 e. The van der Waals surface area contributed by atoms with Crippen LogP contribution in [0.15, 0.2) is 11.5 Å². The Bertz CT molecular complexity index is 240. The average molecular weight is 210 g/mol. The van der Waals surface area contributed by atoms with Gasteiger partial charge in [-0.3, -0.25) is 0 Å². The highest BCUT2D eigenvalue weighted by molar-refractivity contribution is 6.54. The van der Waals surface area contributed by atoms with Crippen molar-refractivity contribution in [1.82, 2.24) is 0 Å². The van der Waals surface area contributed by atoms with Gasteiger partial charge >= 0.3 is 7.12 Å². The second kappa shape index (κ2) is 4.30. The van der Waals surface area contributed by atoms with E-state index in [4.69, 9.17) is 9.31 Å². The predicted octanol–water partition coefficient (Wildman–Crippen LogP) is 3.36. The smallest absolute Gasteiger partial charge is 0.400 e. The first-order chi connectivity index (χ1) is 6.80. The van der Waals surface area contributed by atoms with Gasteiger partial charge in [-0.1, -0.05) is 19.4 Å². The van der Waals surface area contributed by atoms with E-state index < -0.39 is 0 Å². The second-order valence-electron chi connectivity index (χ2n) is 5.33. The van der Waals surface area contributed by atoms with E-state index in [2.05, 4.69) is 47.6 Å². The lowest BCUT2D eigenvalue weighted by Crippen LogP contribution is -2.41. The molecule has 0 bridgehead atoms. The maximum absolute atomic E-state index is 5.93. The third-order valence-electron chi connectivity index (χ3n) is 3.38. The van der Waals surface area contributed by atoms with Crippen LogP contribution in [-0.2, 0) is 9.31 Å². The summed E-state index contributed by atoms with van der Waals surface area (Å²) in [6, 6.07) is 0. The Morgan fingerprint density at radius 1 is 1.13 bits per heavy atom. The molecule has 0 aromatic rings. The monoisotopic (exact) mass is 210 g/mol. The maximum atomic E-state index is 5.93. The number of hydrogen-bond acceptors (Lipinski definition) is 2. The van der Waals surface area contributed by atoms with Crippen molar-refractivity contribution in [2.24, 2.45) is 0 Å². The highest BCUT2D eigenvalue weighted by atomic mass is 16.7. The van der Waals surface area contributed by atoms with Crippen LogP contribution in [0.5, 0.6) is 0 Å². The molecule has 0 aliphatic carbocycles. The fraction of sp³-hybridized carbons (Fsp3) is 0.833. The lowest BCUT2D eigenvalue weighted by atomic mass is 9.79. The van der Waals surface area contributed by atoms with Gasteiger partial charge in [0.2, 0.25) is 0 Å². The van der Waals surface area contributed by atoms with Gasteiger partial charge in [0.15, 0.2) is 0 Å². The van der Waals surface area contributed by atoms with E-state index in [1.54, 1.807) is 0 Å². The Morgan fingerprint density at radius 2 is 1.60 bits per heavy atom. The van der Waals surface area contributed by atoms with Crippen LogP contribution < -0.4 is 0 Å². The van der Waals surface area contributed by atoms with Crippen LogP contribution in [0.3, 0.4) is 0 Å². The molecule has 0 saturated carbocycles. The number of rotatable bonds is 3. The molecule has 1 heterocycles. The standard InChI is InChI=1S/C12H23BO2/c1-7-8-9-10(2)13-14-11(3,4)12(5,6)15-13/h9H,7-8H2,1-6H3. The van der Waals surface area contributed by atoms with Crippen molar-refractivity contribution in [3.05, 3.63) is 11.5 Å². The minimum atomic E-state index is -0.223. The molecule has 15 heavy (non-hydrogen) atoms. The van der Waals surface area contributed by atoms with Gasteiger partial charge in [0.1, 0.15) is 0 Å². The largest absolute Gasteiger partial charge is 0.489 e. The van der Waals surface area contributed by atoms with E-state index in [9.17, 15) is 0 Å². The van der Waals surface area contributed by atoms with Crippen molar-refractivity contribution < 1.29 is 9.31 Å². The summed E-state index contributed by atoms with van der Waals surface area (Å²) in [5, 5.41) is 0. The first kappa shape index (κ1) is 12.8. The minimum absolute atomic E-state index is 0.165. The average Bonchev–Trinajstić information content (AvgIpc) is 2.32. The molecule has 1 rings (SSSR count). The van der Waals surface area contributed by atoms with Gasteiger partial charge in [-0.25, -0.2) is 0 Å². The fourth-order valence-corrected chi connectivity index (χ4v) is 1.50. The Labute approximate surface area is 94.2 Å². The molecule has 0 unspecified atom stereocenters. The Balaban J connectivity index is 2.70. The van der Waals surface area contributed by atoms with E-state index >= 15 is 0 Å². The summed E-state index contributed by atoms with van der Waals surface area (Å²) in [5.74, 6) is 0. The third-order valence-corrected chi connectivity index (χ3v) is 3.38. The SMILES string of the molecule is CCCC=C(C)B1OC(C)(C)C(C)(C)O1. The van der Waals surface area contributed by atoms with Gasteiger partial charge in [-0.2, -0.15) is 0 Å². The van der Waals surface area contributed by atoms with Crippen molar-refractivity contribution in [2.75, 3.05) is 0 Å². The van der Waals surface area contributed by atoms with Crippen LogP contribution in [0.2, 0.25) is 0 Å². The van der Waals surface area contributed by atoms with E-state index in [0.29, 0.717) is 0 Å². The molecular weight excluding hydrogens is 187 g/mol. The molecular formula is C12H23BO2. The third kappa shape index (κ3) is 2.64. The zero-order valence-electron chi connectivity index (χ0n) is 10.9. The number of hydrogen-bond donors (Lipinski definition) is 0. The number of unbranched alkanes of at least 4 members (excludes halogenated alkanes) is 1. The fourth-order valence-electron chi connectivity index (χ4n) is 1.50. The normalized spacial score (nSPS) is 24.7. The van der Waals surface area contributed by atoms with Gasteiger partial charge in [-0.05, 0) is 46.5 Å². The van der Waals surface area contributed by atoms with Crippen molar-refractivity contribution >= 4 is 7.12 Å². The van der Waals surface area contributed by atoms with E-state index in [0.717, 1.165) is 12.8 Å². The lowest BCUT2D eigenvalue weighted by molar-refractivity contribution is 0.00578. The Hall–Kier alpha value is -0.275. The highest BCUT2D eigenvalue weighted by Crippen LogP contribution is 2.38. The summed E-state index contributed by atoms with van der Waals surface area (Å²) in [4.78, 5) is 0. The lowest BCUT2D eigenvalue weighted by Gasteiger charge is -2.32. The number of allylic oxidation sites excluding steroid dienone is 2. The van der Waals surface area contributed by atoms with Crippen molar-refractivity contribution in [3.8, 4) is 0 Å². The molecule has 0 spiro atoms. The summed E-state index contributed by atoms with van der Waals surface area (Å²) in [5.41, 5.74) is 0.744. The van der Waals surface area contributed by atoms with Crippen molar-refractivity contribution in [3.63, 3.8) is 0 Å². The van der Waals surface area contributed by atoms with Gasteiger partial charge < -0.3 is 9.31 Å². The maximum Gasteiger partial charge on any atom is 0.489 e. The molecule has 0 aromatic carbocycles. The van der Waals surface area contributed by atoms with Crippen LogP contribution in [0.25, 0.3) is 0 Å². The summed E-state index contributed by atoms with van der Waals surface area (Å²) in [6.45, 7) is 12.6. The summed E-state index contributed by atoms with van der Waals surface area (Å²) in [7, 11) is -0.165. The predicted molar refractivity (Wildman–Crippen MR) is 64.7 cm³/mol. The van der Waals surface area contributed by atoms with Crippen molar-refractivity contribution in [1.29, 1.82) is 0 Å². The van der Waals surface area contributed by atoms with E-state index in [1.807, 2.05) is 0 Å². The van der Waals surface area contributed by atoms with Crippen LogP contribution in [0.1, 0.15) is 54.4 Å². The highest BCUT2D eigenvalue weighted by Gasteiger charge is 2.51. The molecule has 0 N–H and O–H groups in total. The molecule has 1 aliphatic rings. The van der Waals surface area contributed by atoms with Crippen LogP contribution in [0.4, 0.5) is 0 Å². The molecule has 1 saturated heterocycles.